The summed E-state index contributed by atoms with van der Waals surface area (Å²) >= 11 is 3.31. The second kappa shape index (κ2) is 4.27. The Balaban J connectivity index is 1.98. The zero-order valence-corrected chi connectivity index (χ0v) is 10.7. The average molecular weight is 244 g/mol. The van der Waals surface area contributed by atoms with Gasteiger partial charge in [0.05, 0.1) is 0 Å². The lowest BCUT2D eigenvalue weighted by atomic mass is 10.2. The van der Waals surface area contributed by atoms with Crippen LogP contribution in [-0.2, 0) is 6.54 Å². The van der Waals surface area contributed by atoms with Crippen LogP contribution in [0.2, 0.25) is 0 Å². The fraction of sp³-hybridized carbons (Fsp3) is 0.778. The number of rotatable bonds is 2. The molecule has 1 saturated heterocycles. The summed E-state index contributed by atoms with van der Waals surface area (Å²) in [6, 6.07) is 0. The molecular formula is C9H16N4S2. The van der Waals surface area contributed by atoms with Gasteiger partial charge in [0.2, 0.25) is 0 Å². The summed E-state index contributed by atoms with van der Waals surface area (Å²) < 4.78 is 4.20. The van der Waals surface area contributed by atoms with E-state index in [0.717, 1.165) is 30.3 Å². The molecule has 84 valence electrons. The van der Waals surface area contributed by atoms with Crippen LogP contribution in [0, 0.1) is 0 Å². The van der Waals surface area contributed by atoms with Crippen molar-refractivity contribution in [2.75, 3.05) is 24.6 Å². The van der Waals surface area contributed by atoms with Crippen molar-refractivity contribution in [1.82, 2.24) is 14.5 Å². The first kappa shape index (κ1) is 11.2. The topological polar surface area (TPSA) is 55.0 Å². The lowest BCUT2D eigenvalue weighted by molar-refractivity contribution is 0.250. The Kier molecular flexibility index (Phi) is 3.18. The molecule has 0 radical (unpaired) electrons. The zero-order valence-electron chi connectivity index (χ0n) is 9.06. The van der Waals surface area contributed by atoms with E-state index in [1.54, 1.807) is 0 Å². The largest absolute Gasteiger partial charge is 0.388 e. The maximum absolute atomic E-state index is 5.79. The molecule has 1 aliphatic rings. The van der Waals surface area contributed by atoms with Gasteiger partial charge in [-0.2, -0.15) is 11.8 Å². The molecule has 1 fully saturated rings. The standard InChI is InChI=1S/C9H16N4S2/c1-9(2)6-13(3-4-14-9)5-7-8(10)15-12-11-7/h3-6,10H2,1-2H3. The van der Waals surface area contributed by atoms with Gasteiger partial charge in [0.25, 0.3) is 0 Å². The number of hydrogen-bond acceptors (Lipinski definition) is 6. The van der Waals surface area contributed by atoms with E-state index >= 15 is 0 Å². The molecule has 0 atom stereocenters. The highest BCUT2D eigenvalue weighted by atomic mass is 32.2. The predicted octanol–water partition coefficient (Wildman–Crippen LogP) is 1.45. The summed E-state index contributed by atoms with van der Waals surface area (Å²) in [6.07, 6.45) is 0. The Bertz CT molecular complexity index is 337. The number of aromatic nitrogens is 2. The van der Waals surface area contributed by atoms with E-state index in [1.165, 1.54) is 17.3 Å². The van der Waals surface area contributed by atoms with Crippen molar-refractivity contribution in [1.29, 1.82) is 0 Å². The number of anilines is 1. The van der Waals surface area contributed by atoms with Crippen LogP contribution in [0.5, 0.6) is 0 Å². The molecular weight excluding hydrogens is 228 g/mol. The summed E-state index contributed by atoms with van der Waals surface area (Å²) in [6.45, 7) is 7.62. The molecule has 0 bridgehead atoms. The van der Waals surface area contributed by atoms with Gasteiger partial charge in [-0.3, -0.25) is 4.90 Å². The van der Waals surface area contributed by atoms with Crippen LogP contribution in [0.15, 0.2) is 0 Å². The van der Waals surface area contributed by atoms with Crippen molar-refractivity contribution in [3.05, 3.63) is 5.69 Å². The molecule has 4 nitrogen and oxygen atoms in total. The van der Waals surface area contributed by atoms with Crippen molar-refractivity contribution in [3.63, 3.8) is 0 Å². The second-order valence-electron chi connectivity index (χ2n) is 4.40. The van der Waals surface area contributed by atoms with E-state index in [2.05, 4.69) is 28.3 Å². The molecule has 1 aliphatic heterocycles. The molecule has 2 N–H and O–H groups in total. The van der Waals surface area contributed by atoms with Crippen LogP contribution in [0.1, 0.15) is 19.5 Å². The van der Waals surface area contributed by atoms with E-state index < -0.39 is 0 Å². The fourth-order valence-corrected chi connectivity index (χ4v) is 3.40. The third-order valence-corrected chi connectivity index (χ3v) is 4.36. The summed E-state index contributed by atoms with van der Waals surface area (Å²) in [5.74, 6) is 1.18. The summed E-state index contributed by atoms with van der Waals surface area (Å²) in [5, 5.41) is 4.81. The van der Waals surface area contributed by atoms with E-state index in [1.807, 2.05) is 11.8 Å². The van der Waals surface area contributed by atoms with Gasteiger partial charge in [-0.1, -0.05) is 4.49 Å². The Morgan fingerprint density at radius 3 is 2.93 bits per heavy atom. The van der Waals surface area contributed by atoms with Gasteiger partial charge in [-0.25, -0.2) is 0 Å². The molecule has 6 heteroatoms. The Labute approximate surface area is 98.4 Å². The van der Waals surface area contributed by atoms with Crippen LogP contribution in [0.3, 0.4) is 0 Å². The smallest absolute Gasteiger partial charge is 0.132 e. The molecule has 0 amide bonds. The van der Waals surface area contributed by atoms with Crippen LogP contribution >= 0.6 is 23.3 Å². The third-order valence-electron chi connectivity index (χ3n) is 2.46. The van der Waals surface area contributed by atoms with Crippen molar-refractivity contribution in [2.24, 2.45) is 0 Å². The average Bonchev–Trinajstić information content (AvgIpc) is 2.50. The highest BCUT2D eigenvalue weighted by molar-refractivity contribution is 8.00. The normalized spacial score (nSPS) is 21.7. The maximum atomic E-state index is 5.79. The van der Waals surface area contributed by atoms with Gasteiger partial charge in [0.15, 0.2) is 0 Å². The Morgan fingerprint density at radius 1 is 1.53 bits per heavy atom. The molecule has 0 unspecified atom stereocenters. The van der Waals surface area contributed by atoms with Crippen LogP contribution in [-0.4, -0.2) is 38.1 Å². The summed E-state index contributed by atoms with van der Waals surface area (Å²) in [5.41, 5.74) is 6.72. The van der Waals surface area contributed by atoms with Crippen molar-refractivity contribution >= 4 is 28.3 Å². The lowest BCUT2D eigenvalue weighted by Crippen LogP contribution is -2.42. The monoisotopic (exact) mass is 244 g/mol. The number of hydrogen-bond donors (Lipinski definition) is 1. The van der Waals surface area contributed by atoms with Crippen LogP contribution < -0.4 is 5.73 Å². The Hall–Kier alpha value is -0.330. The minimum Gasteiger partial charge on any atom is -0.388 e. The summed E-state index contributed by atoms with van der Waals surface area (Å²) in [4.78, 5) is 2.41. The van der Waals surface area contributed by atoms with Crippen LogP contribution in [0.25, 0.3) is 0 Å². The van der Waals surface area contributed by atoms with E-state index in [0.29, 0.717) is 4.75 Å². The minimum atomic E-state index is 0.344. The minimum absolute atomic E-state index is 0.344. The first-order valence-corrected chi connectivity index (χ1v) is 6.76. The van der Waals surface area contributed by atoms with E-state index in [4.69, 9.17) is 5.73 Å². The fourth-order valence-electron chi connectivity index (χ4n) is 1.79. The molecule has 0 saturated carbocycles. The quantitative estimate of drug-likeness (QED) is 0.853. The molecule has 2 heterocycles. The maximum Gasteiger partial charge on any atom is 0.132 e. The van der Waals surface area contributed by atoms with Gasteiger partial charge >= 0.3 is 0 Å². The van der Waals surface area contributed by atoms with E-state index in [-0.39, 0.29) is 0 Å². The van der Waals surface area contributed by atoms with E-state index in [9.17, 15) is 0 Å². The van der Waals surface area contributed by atoms with Gasteiger partial charge in [-0.05, 0) is 13.8 Å². The number of nitrogens with zero attached hydrogens (tertiary/aromatic N) is 3. The first-order valence-electron chi connectivity index (χ1n) is 5.00. The van der Waals surface area contributed by atoms with Gasteiger partial charge in [0.1, 0.15) is 10.7 Å². The van der Waals surface area contributed by atoms with Gasteiger partial charge in [-0.15, -0.1) is 5.10 Å². The SMILES string of the molecule is CC1(C)CN(Cc2nnsc2N)CCS1. The van der Waals surface area contributed by atoms with Crippen LogP contribution in [0.4, 0.5) is 5.00 Å². The summed E-state index contributed by atoms with van der Waals surface area (Å²) in [7, 11) is 0. The molecule has 1 aromatic heterocycles. The van der Waals surface area contributed by atoms with Gasteiger partial charge < -0.3 is 5.73 Å². The van der Waals surface area contributed by atoms with Crippen molar-refractivity contribution < 1.29 is 0 Å². The molecule has 2 rings (SSSR count). The van der Waals surface area contributed by atoms with Gasteiger partial charge in [0, 0.05) is 41.7 Å². The van der Waals surface area contributed by atoms with Crippen molar-refractivity contribution in [3.8, 4) is 0 Å². The molecule has 1 aromatic rings. The number of nitrogen functional groups attached to an aromatic ring is 1. The zero-order chi connectivity index (χ0) is 10.9. The number of thioether (sulfide) groups is 1. The Morgan fingerprint density at radius 2 is 2.33 bits per heavy atom. The highest BCUT2D eigenvalue weighted by Gasteiger charge is 2.27. The number of nitrogens with two attached hydrogens (primary N) is 1. The molecule has 0 aromatic carbocycles. The third kappa shape index (κ3) is 2.83. The molecule has 15 heavy (non-hydrogen) atoms. The lowest BCUT2D eigenvalue weighted by Gasteiger charge is -2.37. The predicted molar refractivity (Wildman–Crippen MR) is 66.1 cm³/mol. The second-order valence-corrected chi connectivity index (χ2v) is 6.99. The molecule has 0 aliphatic carbocycles. The van der Waals surface area contributed by atoms with Crippen molar-refractivity contribution in [2.45, 2.75) is 25.1 Å². The highest BCUT2D eigenvalue weighted by Crippen LogP contribution is 2.30. The molecule has 0 spiro atoms. The first-order chi connectivity index (χ1) is 7.07.